The van der Waals surface area contributed by atoms with Crippen LogP contribution in [0.5, 0.6) is 0 Å². The van der Waals surface area contributed by atoms with Crippen molar-refractivity contribution in [2.45, 2.75) is 19.8 Å². The van der Waals surface area contributed by atoms with E-state index in [1.807, 2.05) is 36.4 Å². The molecule has 0 saturated carbocycles. The van der Waals surface area contributed by atoms with Crippen molar-refractivity contribution in [3.63, 3.8) is 0 Å². The molecule has 0 amide bonds. The summed E-state index contributed by atoms with van der Waals surface area (Å²) in [6.45, 7) is 4.39. The van der Waals surface area contributed by atoms with Gasteiger partial charge in [-0.05, 0) is 40.6 Å². The zero-order chi connectivity index (χ0) is 16.8. The third-order valence-electron chi connectivity index (χ3n) is 3.98. The smallest absolute Gasteiger partial charge is 0.0730 e. The number of nitrogens with zero attached hydrogens (tertiary/aromatic N) is 1. The van der Waals surface area contributed by atoms with Crippen LogP contribution in [0.25, 0.3) is 5.57 Å². The summed E-state index contributed by atoms with van der Waals surface area (Å²) in [4.78, 5) is 4.57. The molecule has 24 heavy (non-hydrogen) atoms. The molecule has 0 aromatic heterocycles. The molecule has 0 saturated heterocycles. The van der Waals surface area contributed by atoms with Gasteiger partial charge in [0.1, 0.15) is 0 Å². The van der Waals surface area contributed by atoms with E-state index in [0.29, 0.717) is 5.92 Å². The van der Waals surface area contributed by atoms with Gasteiger partial charge in [0.25, 0.3) is 0 Å². The van der Waals surface area contributed by atoms with Gasteiger partial charge in [-0.15, -0.1) is 0 Å². The van der Waals surface area contributed by atoms with Gasteiger partial charge in [-0.1, -0.05) is 86.6 Å². The normalized spacial score (nSPS) is 10.3. The van der Waals surface area contributed by atoms with E-state index in [4.69, 9.17) is 0 Å². The van der Waals surface area contributed by atoms with Crippen molar-refractivity contribution in [3.05, 3.63) is 102 Å². The highest BCUT2D eigenvalue weighted by atomic mass is 14.7. The van der Waals surface area contributed by atoms with Gasteiger partial charge < -0.3 is 0 Å². The average molecular weight is 311 g/mol. The van der Waals surface area contributed by atoms with E-state index >= 15 is 0 Å². The molecule has 0 spiro atoms. The van der Waals surface area contributed by atoms with Gasteiger partial charge in [-0.2, -0.15) is 0 Å². The predicted octanol–water partition coefficient (Wildman–Crippen LogP) is 6.24. The van der Waals surface area contributed by atoms with Crippen molar-refractivity contribution in [1.82, 2.24) is 0 Å². The van der Waals surface area contributed by atoms with Crippen molar-refractivity contribution in [2.24, 2.45) is 4.99 Å². The summed E-state index contributed by atoms with van der Waals surface area (Å²) in [6, 6.07) is 28.9. The van der Waals surface area contributed by atoms with Crippen LogP contribution >= 0.6 is 0 Å². The molecule has 0 aliphatic heterocycles. The maximum absolute atomic E-state index is 4.57. The zero-order valence-corrected chi connectivity index (χ0v) is 14.1. The fraction of sp³-hybridized carbons (Fsp3) is 0.130. The SMILES string of the molecule is CC(C)c1ccc(N=C=C(c2ccccc2)c2ccccc2)cc1. The zero-order valence-electron chi connectivity index (χ0n) is 14.1. The Morgan fingerprint density at radius 1 is 0.708 bits per heavy atom. The van der Waals surface area contributed by atoms with Gasteiger partial charge >= 0.3 is 0 Å². The lowest BCUT2D eigenvalue weighted by Gasteiger charge is -2.05. The second-order valence-corrected chi connectivity index (χ2v) is 6.08. The maximum Gasteiger partial charge on any atom is 0.0730 e. The Labute approximate surface area is 144 Å². The molecule has 0 atom stereocenters. The molecule has 0 unspecified atom stereocenters. The highest BCUT2D eigenvalue weighted by molar-refractivity contribution is 5.99. The summed E-state index contributed by atoms with van der Waals surface area (Å²) in [6.07, 6.45) is 0. The highest BCUT2D eigenvalue weighted by Gasteiger charge is 2.04. The lowest BCUT2D eigenvalue weighted by atomic mass is 9.99. The van der Waals surface area contributed by atoms with Crippen LogP contribution in [0.4, 0.5) is 5.69 Å². The second kappa shape index (κ2) is 7.59. The first kappa shape index (κ1) is 16.0. The van der Waals surface area contributed by atoms with E-state index in [9.17, 15) is 0 Å². The van der Waals surface area contributed by atoms with Crippen LogP contribution in [0.15, 0.2) is 89.9 Å². The van der Waals surface area contributed by atoms with E-state index in [-0.39, 0.29) is 0 Å². The lowest BCUT2D eigenvalue weighted by molar-refractivity contribution is 0.867. The monoisotopic (exact) mass is 311 g/mol. The standard InChI is InChI=1S/C23H21N/c1-18(2)19-13-15-22(16-14-19)24-17-23(20-9-5-3-6-10-20)21-11-7-4-8-12-21/h3-16,18H,1-2H3. The summed E-state index contributed by atoms with van der Waals surface area (Å²) in [5.74, 6) is 3.79. The molecule has 1 heteroatoms. The van der Waals surface area contributed by atoms with Crippen molar-refractivity contribution < 1.29 is 0 Å². The Bertz CT molecular complexity index is 796. The Kier molecular flexibility index (Phi) is 5.05. The molecule has 0 aliphatic rings. The Morgan fingerprint density at radius 3 is 1.67 bits per heavy atom. The molecule has 0 heterocycles. The molecule has 3 rings (SSSR count). The first-order valence-electron chi connectivity index (χ1n) is 8.28. The number of hydrogen-bond acceptors (Lipinski definition) is 1. The fourth-order valence-corrected chi connectivity index (χ4v) is 2.56. The summed E-state index contributed by atoms with van der Waals surface area (Å²) in [7, 11) is 0. The van der Waals surface area contributed by atoms with Gasteiger partial charge in [0.2, 0.25) is 0 Å². The van der Waals surface area contributed by atoms with Gasteiger partial charge in [0.15, 0.2) is 0 Å². The van der Waals surface area contributed by atoms with Gasteiger partial charge in [-0.3, -0.25) is 0 Å². The molecule has 0 bridgehead atoms. The first-order valence-corrected chi connectivity index (χ1v) is 8.28. The van der Waals surface area contributed by atoms with Crippen molar-refractivity contribution >= 4 is 17.1 Å². The summed E-state index contributed by atoms with van der Waals surface area (Å²) >= 11 is 0. The van der Waals surface area contributed by atoms with E-state index < -0.39 is 0 Å². The van der Waals surface area contributed by atoms with E-state index in [1.165, 1.54) is 5.56 Å². The third-order valence-corrected chi connectivity index (χ3v) is 3.98. The van der Waals surface area contributed by atoms with E-state index in [0.717, 1.165) is 22.4 Å². The first-order chi connectivity index (χ1) is 11.7. The van der Waals surface area contributed by atoms with Crippen LogP contribution < -0.4 is 0 Å². The predicted molar refractivity (Wildman–Crippen MR) is 103 cm³/mol. The van der Waals surface area contributed by atoms with Crippen LogP contribution in [0, 0.1) is 0 Å². The van der Waals surface area contributed by atoms with Crippen LogP contribution in [0.3, 0.4) is 0 Å². The molecule has 0 radical (unpaired) electrons. The van der Waals surface area contributed by atoms with E-state index in [2.05, 4.69) is 73.2 Å². The van der Waals surface area contributed by atoms with Gasteiger partial charge in [-0.25, -0.2) is 4.99 Å². The van der Waals surface area contributed by atoms with Crippen molar-refractivity contribution in [1.29, 1.82) is 0 Å². The Balaban J connectivity index is 2.03. The molecular weight excluding hydrogens is 290 g/mol. The van der Waals surface area contributed by atoms with Crippen LogP contribution in [0.2, 0.25) is 0 Å². The lowest BCUT2D eigenvalue weighted by Crippen LogP contribution is -1.88. The number of hydrogen-bond donors (Lipinski definition) is 0. The third kappa shape index (κ3) is 3.90. The van der Waals surface area contributed by atoms with Crippen LogP contribution in [0.1, 0.15) is 36.5 Å². The fourth-order valence-electron chi connectivity index (χ4n) is 2.56. The molecule has 0 N–H and O–H groups in total. The quantitative estimate of drug-likeness (QED) is 0.505. The minimum Gasteiger partial charge on any atom is -0.206 e. The Morgan fingerprint density at radius 2 is 1.21 bits per heavy atom. The van der Waals surface area contributed by atoms with Crippen molar-refractivity contribution in [2.75, 3.05) is 0 Å². The van der Waals surface area contributed by atoms with Gasteiger partial charge in [0.05, 0.1) is 11.3 Å². The molecule has 0 aliphatic carbocycles. The maximum atomic E-state index is 4.57. The topological polar surface area (TPSA) is 12.4 Å². The molecule has 0 fully saturated rings. The largest absolute Gasteiger partial charge is 0.206 e. The summed E-state index contributed by atoms with van der Waals surface area (Å²) in [5.41, 5.74) is 5.48. The minimum absolute atomic E-state index is 0.530. The number of aliphatic imine (C=N–C) groups is 1. The van der Waals surface area contributed by atoms with Crippen LogP contribution in [-0.4, -0.2) is 5.87 Å². The molecule has 3 aromatic carbocycles. The summed E-state index contributed by atoms with van der Waals surface area (Å²) < 4.78 is 0. The van der Waals surface area contributed by atoms with Gasteiger partial charge in [0, 0.05) is 0 Å². The molecule has 118 valence electrons. The minimum atomic E-state index is 0.530. The highest BCUT2D eigenvalue weighted by Crippen LogP contribution is 2.22. The average Bonchev–Trinajstić information content (AvgIpc) is 2.64. The van der Waals surface area contributed by atoms with Crippen molar-refractivity contribution in [3.8, 4) is 0 Å². The molecule has 1 nitrogen and oxygen atoms in total. The van der Waals surface area contributed by atoms with E-state index in [1.54, 1.807) is 0 Å². The van der Waals surface area contributed by atoms with Crippen LogP contribution in [-0.2, 0) is 0 Å². The summed E-state index contributed by atoms with van der Waals surface area (Å²) in [5, 5.41) is 0. The second-order valence-electron chi connectivity index (χ2n) is 6.08. The molecule has 3 aromatic rings. The molecular formula is C23H21N. The Hall–Kier alpha value is -2.89. The number of benzene rings is 3. The number of rotatable bonds is 4.